The van der Waals surface area contributed by atoms with Crippen molar-refractivity contribution in [1.82, 2.24) is 15.2 Å². The molecule has 1 unspecified atom stereocenters. The van der Waals surface area contributed by atoms with Crippen molar-refractivity contribution < 1.29 is 4.79 Å². The summed E-state index contributed by atoms with van der Waals surface area (Å²) in [6, 6.07) is 18.5. The van der Waals surface area contributed by atoms with Gasteiger partial charge in [-0.3, -0.25) is 9.78 Å². The van der Waals surface area contributed by atoms with Crippen LogP contribution in [0.15, 0.2) is 54.6 Å². The Morgan fingerprint density at radius 1 is 1.14 bits per heavy atom. The normalized spacial score (nSPS) is 15.0. The Kier molecular flexibility index (Phi) is 5.14. The van der Waals surface area contributed by atoms with E-state index in [0.29, 0.717) is 12.5 Å². The van der Waals surface area contributed by atoms with E-state index >= 15 is 0 Å². The van der Waals surface area contributed by atoms with Gasteiger partial charge < -0.3 is 10.2 Å². The third-order valence-electron chi connectivity index (χ3n) is 5.52. The molecule has 28 heavy (non-hydrogen) atoms. The van der Waals surface area contributed by atoms with Crippen LogP contribution in [0.2, 0.25) is 0 Å². The number of pyridine rings is 1. The minimum Gasteiger partial charge on any atom is -0.350 e. The third-order valence-corrected chi connectivity index (χ3v) is 5.52. The highest BCUT2D eigenvalue weighted by Crippen LogP contribution is 2.40. The fraction of sp³-hybridized carbons (Fsp3) is 0.333. The smallest absolute Gasteiger partial charge is 0.252 e. The molecule has 1 heterocycles. The molecule has 1 aliphatic carbocycles. The molecular weight excluding hydrogens is 346 g/mol. The van der Waals surface area contributed by atoms with Gasteiger partial charge in [-0.25, -0.2) is 0 Å². The molecule has 1 amide bonds. The molecule has 4 nitrogen and oxygen atoms in total. The number of aryl methyl sites for hydroxylation is 1. The van der Waals surface area contributed by atoms with Crippen LogP contribution in [0, 0.1) is 6.92 Å². The van der Waals surface area contributed by atoms with Crippen LogP contribution < -0.4 is 5.32 Å². The number of nitrogens with one attached hydrogen (secondary N) is 1. The summed E-state index contributed by atoms with van der Waals surface area (Å²) in [4.78, 5) is 20.0. The van der Waals surface area contributed by atoms with E-state index in [9.17, 15) is 4.79 Å². The summed E-state index contributed by atoms with van der Waals surface area (Å²) < 4.78 is 0. The molecule has 3 aromatic rings. The van der Waals surface area contributed by atoms with Crippen molar-refractivity contribution in [2.24, 2.45) is 0 Å². The Morgan fingerprint density at radius 3 is 2.54 bits per heavy atom. The van der Waals surface area contributed by atoms with E-state index in [4.69, 9.17) is 4.98 Å². The fourth-order valence-corrected chi connectivity index (χ4v) is 3.64. The minimum atomic E-state index is -0.0283. The van der Waals surface area contributed by atoms with Crippen molar-refractivity contribution in [2.75, 3.05) is 20.6 Å². The molecule has 4 heteroatoms. The van der Waals surface area contributed by atoms with E-state index in [2.05, 4.69) is 41.4 Å². The molecule has 2 aromatic carbocycles. The highest BCUT2D eigenvalue weighted by Gasteiger charge is 2.27. The van der Waals surface area contributed by atoms with Crippen LogP contribution in [-0.2, 0) is 0 Å². The van der Waals surface area contributed by atoms with Crippen LogP contribution in [0.1, 0.15) is 52.0 Å². The second-order valence-corrected chi connectivity index (χ2v) is 7.99. The Balaban J connectivity index is 1.58. The Bertz CT molecular complexity index is 990. The van der Waals surface area contributed by atoms with Gasteiger partial charge in [-0.05, 0) is 51.6 Å². The first-order valence-corrected chi connectivity index (χ1v) is 9.94. The Morgan fingerprint density at radius 2 is 1.86 bits per heavy atom. The van der Waals surface area contributed by atoms with E-state index in [1.54, 1.807) is 0 Å². The van der Waals surface area contributed by atoms with Gasteiger partial charge in [0.2, 0.25) is 0 Å². The summed E-state index contributed by atoms with van der Waals surface area (Å²) in [5, 5.41) is 4.08. The molecule has 0 radical (unpaired) electrons. The van der Waals surface area contributed by atoms with Gasteiger partial charge in [0, 0.05) is 23.5 Å². The van der Waals surface area contributed by atoms with Crippen molar-refractivity contribution >= 4 is 16.8 Å². The molecule has 4 rings (SSSR count). The lowest BCUT2D eigenvalue weighted by molar-refractivity contribution is 0.0943. The second-order valence-electron chi connectivity index (χ2n) is 7.99. The number of hydrogen-bond acceptors (Lipinski definition) is 3. The molecule has 1 fully saturated rings. The van der Waals surface area contributed by atoms with E-state index < -0.39 is 0 Å². The topological polar surface area (TPSA) is 45.2 Å². The number of benzene rings is 2. The predicted molar refractivity (Wildman–Crippen MR) is 114 cm³/mol. The molecule has 1 saturated carbocycles. The fourth-order valence-electron chi connectivity index (χ4n) is 3.64. The molecule has 0 bridgehead atoms. The van der Waals surface area contributed by atoms with E-state index in [0.717, 1.165) is 22.2 Å². The van der Waals surface area contributed by atoms with Gasteiger partial charge in [-0.15, -0.1) is 0 Å². The van der Waals surface area contributed by atoms with E-state index in [1.807, 2.05) is 44.4 Å². The van der Waals surface area contributed by atoms with Crippen LogP contribution in [0.4, 0.5) is 0 Å². The SMILES string of the molecule is Cc1ccc(C(CNC(=O)c2cc(C3CC3)nc3ccccc23)N(C)C)cc1. The van der Waals surface area contributed by atoms with Crippen molar-refractivity contribution in [3.05, 3.63) is 77.0 Å². The molecule has 144 valence electrons. The maximum atomic E-state index is 13.1. The van der Waals surface area contributed by atoms with Gasteiger partial charge >= 0.3 is 0 Å². The molecule has 1 aliphatic rings. The number of amides is 1. The van der Waals surface area contributed by atoms with Crippen molar-refractivity contribution in [1.29, 1.82) is 0 Å². The molecule has 0 spiro atoms. The third kappa shape index (κ3) is 3.92. The van der Waals surface area contributed by atoms with Crippen LogP contribution in [-0.4, -0.2) is 36.4 Å². The van der Waals surface area contributed by atoms with Gasteiger partial charge in [0.1, 0.15) is 0 Å². The summed E-state index contributed by atoms with van der Waals surface area (Å²) in [5.74, 6) is 0.484. The first-order chi connectivity index (χ1) is 13.5. The van der Waals surface area contributed by atoms with E-state index in [-0.39, 0.29) is 11.9 Å². The standard InChI is InChI=1S/C24H27N3O/c1-16-8-10-18(11-9-16)23(27(2)3)15-25-24(28)20-14-22(17-12-13-17)26-21-7-5-4-6-19(20)21/h4-11,14,17,23H,12-13,15H2,1-3H3,(H,25,28). The molecular formula is C24H27N3O. The largest absolute Gasteiger partial charge is 0.350 e. The lowest BCUT2D eigenvalue weighted by Crippen LogP contribution is -2.34. The average Bonchev–Trinajstić information content (AvgIpc) is 3.53. The average molecular weight is 374 g/mol. The predicted octanol–water partition coefficient (Wildman–Crippen LogP) is 4.45. The number of carbonyl (C=O) groups excluding carboxylic acids is 1. The lowest BCUT2D eigenvalue weighted by Gasteiger charge is -2.25. The summed E-state index contributed by atoms with van der Waals surface area (Å²) in [6.45, 7) is 2.65. The van der Waals surface area contributed by atoms with Gasteiger partial charge in [0.05, 0.1) is 17.1 Å². The summed E-state index contributed by atoms with van der Waals surface area (Å²) in [6.07, 6.45) is 2.34. The maximum Gasteiger partial charge on any atom is 0.252 e. The second kappa shape index (κ2) is 7.72. The van der Waals surface area contributed by atoms with Gasteiger partial charge in [0.15, 0.2) is 0 Å². The van der Waals surface area contributed by atoms with Gasteiger partial charge in [0.25, 0.3) is 5.91 Å². The summed E-state index contributed by atoms with van der Waals surface area (Å²) in [5.41, 5.74) is 5.12. The highest BCUT2D eigenvalue weighted by molar-refractivity contribution is 6.06. The molecule has 1 aromatic heterocycles. The number of likely N-dealkylation sites (N-methyl/N-ethyl adjacent to an activating group) is 1. The van der Waals surface area contributed by atoms with Crippen LogP contribution >= 0.6 is 0 Å². The highest BCUT2D eigenvalue weighted by atomic mass is 16.1. The number of nitrogens with zero attached hydrogens (tertiary/aromatic N) is 2. The zero-order chi connectivity index (χ0) is 19.7. The van der Waals surface area contributed by atoms with Crippen molar-refractivity contribution in [2.45, 2.75) is 31.7 Å². The van der Waals surface area contributed by atoms with E-state index in [1.165, 1.54) is 24.0 Å². The monoisotopic (exact) mass is 373 g/mol. The number of aromatic nitrogens is 1. The number of carbonyl (C=O) groups is 1. The zero-order valence-corrected chi connectivity index (χ0v) is 16.8. The number of fused-ring (bicyclic) bond motifs is 1. The Labute approximate surface area is 166 Å². The van der Waals surface area contributed by atoms with Crippen LogP contribution in [0.5, 0.6) is 0 Å². The summed E-state index contributed by atoms with van der Waals surface area (Å²) >= 11 is 0. The number of rotatable bonds is 6. The quantitative estimate of drug-likeness (QED) is 0.694. The summed E-state index contributed by atoms with van der Waals surface area (Å²) in [7, 11) is 4.09. The number of hydrogen-bond donors (Lipinski definition) is 1. The zero-order valence-electron chi connectivity index (χ0n) is 16.8. The van der Waals surface area contributed by atoms with Crippen molar-refractivity contribution in [3.8, 4) is 0 Å². The maximum absolute atomic E-state index is 13.1. The van der Waals surface area contributed by atoms with Crippen molar-refractivity contribution in [3.63, 3.8) is 0 Å². The van der Waals surface area contributed by atoms with Gasteiger partial charge in [-0.2, -0.15) is 0 Å². The van der Waals surface area contributed by atoms with Gasteiger partial charge in [-0.1, -0.05) is 48.0 Å². The Hall–Kier alpha value is -2.72. The molecule has 1 N–H and O–H groups in total. The van der Waals surface area contributed by atoms with Crippen LogP contribution in [0.3, 0.4) is 0 Å². The molecule has 0 aliphatic heterocycles. The molecule has 0 saturated heterocycles. The number of para-hydroxylation sites is 1. The lowest BCUT2D eigenvalue weighted by atomic mass is 10.0. The first kappa shape index (κ1) is 18.6. The van der Waals surface area contributed by atoms with Crippen LogP contribution in [0.25, 0.3) is 10.9 Å². The first-order valence-electron chi connectivity index (χ1n) is 9.94. The minimum absolute atomic E-state index is 0.0283. The molecule has 1 atom stereocenters.